The van der Waals surface area contributed by atoms with Gasteiger partial charge < -0.3 is 14.4 Å². The number of hydrogen-bond acceptors (Lipinski definition) is 6. The van der Waals surface area contributed by atoms with Crippen LogP contribution in [0.2, 0.25) is 0 Å². The van der Waals surface area contributed by atoms with Gasteiger partial charge in [-0.05, 0) is 31.9 Å². The third kappa shape index (κ3) is 3.83. The van der Waals surface area contributed by atoms with Crippen LogP contribution in [0.25, 0.3) is 0 Å². The van der Waals surface area contributed by atoms with Gasteiger partial charge in [0.1, 0.15) is 0 Å². The summed E-state index contributed by atoms with van der Waals surface area (Å²) in [4.78, 5) is 14.8. The lowest BCUT2D eigenvalue weighted by atomic mass is 9.89. The predicted molar refractivity (Wildman–Crippen MR) is 94.3 cm³/mol. The molecule has 0 unspecified atom stereocenters. The van der Waals surface area contributed by atoms with Crippen LogP contribution in [-0.2, 0) is 16.1 Å². The minimum absolute atomic E-state index is 0.0615. The molecule has 7 heteroatoms. The van der Waals surface area contributed by atoms with Crippen molar-refractivity contribution in [3.05, 3.63) is 47.8 Å². The SMILES string of the molecule is Cc1cccc(CO[C@@H]2CO[C@]3(CCCN(c4ncc(F)cn4)C3)C2)n1. The summed E-state index contributed by atoms with van der Waals surface area (Å²) < 4.78 is 25.3. The minimum Gasteiger partial charge on any atom is -0.370 e. The van der Waals surface area contributed by atoms with E-state index in [-0.39, 0.29) is 11.7 Å². The molecule has 2 fully saturated rings. The lowest BCUT2D eigenvalue weighted by Gasteiger charge is -2.39. The number of anilines is 1. The van der Waals surface area contributed by atoms with Gasteiger partial charge in [0.15, 0.2) is 5.82 Å². The van der Waals surface area contributed by atoms with Crippen LogP contribution in [0.4, 0.5) is 10.3 Å². The summed E-state index contributed by atoms with van der Waals surface area (Å²) in [6.07, 6.45) is 5.31. The van der Waals surface area contributed by atoms with Crippen molar-refractivity contribution in [2.75, 3.05) is 24.6 Å². The summed E-state index contributed by atoms with van der Waals surface area (Å²) in [5, 5.41) is 0. The molecule has 2 saturated heterocycles. The number of rotatable bonds is 4. The molecule has 2 atom stereocenters. The van der Waals surface area contributed by atoms with Gasteiger partial charge in [-0.1, -0.05) is 6.07 Å². The van der Waals surface area contributed by atoms with Crippen LogP contribution in [0, 0.1) is 12.7 Å². The van der Waals surface area contributed by atoms with Crippen molar-refractivity contribution in [2.45, 2.75) is 44.5 Å². The van der Waals surface area contributed by atoms with Crippen LogP contribution in [0.3, 0.4) is 0 Å². The Labute approximate surface area is 152 Å². The summed E-state index contributed by atoms with van der Waals surface area (Å²) >= 11 is 0. The molecule has 0 radical (unpaired) electrons. The molecule has 4 heterocycles. The van der Waals surface area contributed by atoms with Crippen LogP contribution in [-0.4, -0.2) is 46.4 Å². The maximum absolute atomic E-state index is 13.1. The summed E-state index contributed by atoms with van der Waals surface area (Å²) in [6.45, 7) is 4.63. The first-order valence-electron chi connectivity index (χ1n) is 9.03. The molecule has 0 bridgehead atoms. The first kappa shape index (κ1) is 17.3. The number of aryl methyl sites for hydroxylation is 1. The first-order valence-corrected chi connectivity index (χ1v) is 9.03. The number of pyridine rings is 1. The molecule has 0 N–H and O–H groups in total. The zero-order valence-corrected chi connectivity index (χ0v) is 14.9. The summed E-state index contributed by atoms with van der Waals surface area (Å²) in [7, 11) is 0. The lowest BCUT2D eigenvalue weighted by molar-refractivity contribution is -0.0140. The fraction of sp³-hybridized carbons (Fsp3) is 0.526. The highest BCUT2D eigenvalue weighted by molar-refractivity contribution is 5.31. The Balaban J connectivity index is 1.36. The van der Waals surface area contributed by atoms with Gasteiger partial charge in [0.25, 0.3) is 0 Å². The van der Waals surface area contributed by atoms with E-state index in [1.165, 1.54) is 12.4 Å². The van der Waals surface area contributed by atoms with Crippen LogP contribution in [0.15, 0.2) is 30.6 Å². The number of ether oxygens (including phenoxy) is 2. The second kappa shape index (κ2) is 7.25. The van der Waals surface area contributed by atoms with Crippen LogP contribution in [0.5, 0.6) is 0 Å². The molecule has 2 aromatic heterocycles. The molecule has 2 aromatic rings. The highest BCUT2D eigenvalue weighted by Gasteiger charge is 2.44. The molecule has 138 valence electrons. The third-order valence-electron chi connectivity index (χ3n) is 5.02. The number of halogens is 1. The Morgan fingerprint density at radius 2 is 2.19 bits per heavy atom. The van der Waals surface area contributed by atoms with Gasteiger partial charge in [0, 0.05) is 25.2 Å². The molecule has 0 amide bonds. The van der Waals surface area contributed by atoms with Crippen molar-refractivity contribution in [1.29, 1.82) is 0 Å². The van der Waals surface area contributed by atoms with E-state index in [9.17, 15) is 4.39 Å². The Hall–Kier alpha value is -2.12. The van der Waals surface area contributed by atoms with Crippen molar-refractivity contribution < 1.29 is 13.9 Å². The zero-order valence-electron chi connectivity index (χ0n) is 14.9. The molecule has 2 aliphatic heterocycles. The number of aromatic nitrogens is 3. The van der Waals surface area contributed by atoms with E-state index >= 15 is 0 Å². The normalized spacial score (nSPS) is 25.8. The largest absolute Gasteiger partial charge is 0.370 e. The molecule has 4 rings (SSSR count). The molecule has 0 saturated carbocycles. The van der Waals surface area contributed by atoms with E-state index in [0.717, 1.165) is 37.2 Å². The average molecular weight is 358 g/mol. The Morgan fingerprint density at radius 3 is 3.00 bits per heavy atom. The van der Waals surface area contributed by atoms with E-state index in [1.54, 1.807) is 0 Å². The quantitative estimate of drug-likeness (QED) is 0.837. The van der Waals surface area contributed by atoms with Crippen LogP contribution >= 0.6 is 0 Å². The highest BCUT2D eigenvalue weighted by atomic mass is 19.1. The fourth-order valence-electron chi connectivity index (χ4n) is 3.81. The number of nitrogens with zero attached hydrogens (tertiary/aromatic N) is 4. The standard InChI is InChI=1S/C19H23FN4O2/c1-14-4-2-5-16(23-14)11-25-17-8-19(26-12-17)6-3-7-24(13-19)18-21-9-15(20)10-22-18/h2,4-5,9-10,17H,3,6-8,11-13H2,1H3/t17-,19+/m0/s1. The minimum atomic E-state index is -0.421. The summed E-state index contributed by atoms with van der Waals surface area (Å²) in [5.41, 5.74) is 1.70. The number of hydrogen-bond donors (Lipinski definition) is 0. The van der Waals surface area contributed by atoms with Gasteiger partial charge in [0.2, 0.25) is 5.95 Å². The van der Waals surface area contributed by atoms with Crippen LogP contribution < -0.4 is 4.90 Å². The van der Waals surface area contributed by atoms with Gasteiger partial charge in [-0.15, -0.1) is 0 Å². The van der Waals surface area contributed by atoms with E-state index in [4.69, 9.17) is 9.47 Å². The van der Waals surface area contributed by atoms with Crippen LogP contribution in [0.1, 0.15) is 30.7 Å². The van der Waals surface area contributed by atoms with E-state index in [0.29, 0.717) is 25.7 Å². The Kier molecular flexibility index (Phi) is 4.82. The van der Waals surface area contributed by atoms with Crippen molar-refractivity contribution in [2.24, 2.45) is 0 Å². The Bertz CT molecular complexity index is 757. The molecule has 26 heavy (non-hydrogen) atoms. The van der Waals surface area contributed by atoms with E-state index in [1.807, 2.05) is 25.1 Å². The average Bonchev–Trinajstić information content (AvgIpc) is 3.03. The second-order valence-electron chi connectivity index (χ2n) is 7.13. The van der Waals surface area contributed by atoms with Gasteiger partial charge in [-0.2, -0.15) is 0 Å². The lowest BCUT2D eigenvalue weighted by Crippen LogP contribution is -2.48. The highest BCUT2D eigenvalue weighted by Crippen LogP contribution is 2.36. The van der Waals surface area contributed by atoms with E-state index in [2.05, 4.69) is 19.9 Å². The summed E-state index contributed by atoms with van der Waals surface area (Å²) in [6, 6.07) is 5.95. The number of piperidine rings is 1. The molecule has 1 spiro atoms. The zero-order chi connectivity index (χ0) is 18.0. The van der Waals surface area contributed by atoms with Crippen molar-refractivity contribution in [1.82, 2.24) is 15.0 Å². The summed E-state index contributed by atoms with van der Waals surface area (Å²) in [5.74, 6) is 0.137. The van der Waals surface area contributed by atoms with Crippen molar-refractivity contribution >= 4 is 5.95 Å². The van der Waals surface area contributed by atoms with E-state index < -0.39 is 5.82 Å². The Morgan fingerprint density at radius 1 is 1.35 bits per heavy atom. The molecule has 6 nitrogen and oxygen atoms in total. The van der Waals surface area contributed by atoms with Gasteiger partial charge in [-0.3, -0.25) is 4.98 Å². The predicted octanol–water partition coefficient (Wildman–Crippen LogP) is 2.66. The van der Waals surface area contributed by atoms with Gasteiger partial charge in [0.05, 0.1) is 43.0 Å². The molecular formula is C19H23FN4O2. The third-order valence-corrected chi connectivity index (χ3v) is 5.02. The first-order chi connectivity index (χ1) is 12.6. The monoisotopic (exact) mass is 358 g/mol. The second-order valence-corrected chi connectivity index (χ2v) is 7.13. The van der Waals surface area contributed by atoms with Crippen molar-refractivity contribution in [3.63, 3.8) is 0 Å². The molecular weight excluding hydrogens is 335 g/mol. The molecule has 2 aliphatic rings. The van der Waals surface area contributed by atoms with Crippen molar-refractivity contribution in [3.8, 4) is 0 Å². The van der Waals surface area contributed by atoms with Gasteiger partial charge in [-0.25, -0.2) is 14.4 Å². The topological polar surface area (TPSA) is 60.4 Å². The fourth-order valence-corrected chi connectivity index (χ4v) is 3.81. The molecule has 0 aromatic carbocycles. The molecule has 0 aliphatic carbocycles. The van der Waals surface area contributed by atoms with Gasteiger partial charge >= 0.3 is 0 Å². The maximum Gasteiger partial charge on any atom is 0.225 e. The maximum atomic E-state index is 13.1. The smallest absolute Gasteiger partial charge is 0.225 e.